The zero-order valence-corrected chi connectivity index (χ0v) is 19.1. The van der Waals surface area contributed by atoms with Gasteiger partial charge >= 0.3 is 0 Å². The van der Waals surface area contributed by atoms with Crippen LogP contribution in [-0.2, 0) is 6.54 Å². The van der Waals surface area contributed by atoms with Crippen molar-refractivity contribution in [3.05, 3.63) is 39.8 Å². The van der Waals surface area contributed by atoms with Crippen molar-refractivity contribution >= 4 is 32.6 Å². The van der Waals surface area contributed by atoms with E-state index in [2.05, 4.69) is 29.2 Å². The molecule has 0 unspecified atom stereocenters. The molecule has 5 N–H and O–H groups in total. The summed E-state index contributed by atoms with van der Waals surface area (Å²) in [5.74, 6) is -0.283. The van der Waals surface area contributed by atoms with Crippen molar-refractivity contribution < 1.29 is 15.3 Å². The average Bonchev–Trinajstić information content (AvgIpc) is 3.18. The van der Waals surface area contributed by atoms with Gasteiger partial charge in [-0.3, -0.25) is 19.6 Å². The minimum Gasteiger partial charge on any atom is -0.507 e. The molecule has 0 aliphatic carbocycles. The summed E-state index contributed by atoms with van der Waals surface area (Å²) in [5, 5.41) is 39.5. The summed E-state index contributed by atoms with van der Waals surface area (Å²) >= 11 is 0. The van der Waals surface area contributed by atoms with E-state index in [-0.39, 0.29) is 34.3 Å². The second-order valence-electron chi connectivity index (χ2n) is 8.06. The van der Waals surface area contributed by atoms with Gasteiger partial charge in [0.05, 0.1) is 52.2 Å². The molecule has 9 heteroatoms. The van der Waals surface area contributed by atoms with E-state index in [4.69, 9.17) is 10.1 Å². The summed E-state index contributed by atoms with van der Waals surface area (Å²) in [7, 11) is 0. The van der Waals surface area contributed by atoms with Crippen molar-refractivity contribution in [2.75, 3.05) is 45.9 Å². The molecule has 0 spiro atoms. The molecule has 0 saturated heterocycles. The Kier molecular flexibility index (Phi) is 6.83. The van der Waals surface area contributed by atoms with Gasteiger partial charge in [-0.15, -0.1) is 0 Å². The Morgan fingerprint density at radius 3 is 2.55 bits per heavy atom. The highest BCUT2D eigenvalue weighted by Gasteiger charge is 2.22. The fourth-order valence-electron chi connectivity index (χ4n) is 4.47. The first kappa shape index (κ1) is 23.0. The van der Waals surface area contributed by atoms with Crippen LogP contribution in [-0.4, -0.2) is 75.9 Å². The number of aromatic hydroxyl groups is 2. The molecular formula is C24H31N5O4. The van der Waals surface area contributed by atoms with Gasteiger partial charge in [0.15, 0.2) is 5.43 Å². The maximum Gasteiger partial charge on any atom is 0.189 e. The highest BCUT2D eigenvalue weighted by molar-refractivity contribution is 6.23. The number of hydrogen-bond acceptors (Lipinski definition) is 7. The number of hydrogen-bond donors (Lipinski definition) is 5. The quantitative estimate of drug-likeness (QED) is 0.182. The lowest BCUT2D eigenvalue weighted by molar-refractivity contribution is 0.291. The zero-order valence-electron chi connectivity index (χ0n) is 19.1. The van der Waals surface area contributed by atoms with E-state index in [0.717, 1.165) is 25.2 Å². The predicted molar refractivity (Wildman–Crippen MR) is 130 cm³/mol. The number of phenolic OH excluding ortho intramolecular Hbond substituents is 2. The molecule has 0 saturated carbocycles. The topological polar surface area (TPSA) is 126 Å². The fraction of sp³-hybridized carbons (Fsp3) is 0.417. The highest BCUT2D eigenvalue weighted by atomic mass is 16.3. The van der Waals surface area contributed by atoms with Crippen LogP contribution in [0.3, 0.4) is 0 Å². The number of benzene rings is 3. The van der Waals surface area contributed by atoms with Crippen molar-refractivity contribution in [2.24, 2.45) is 4.99 Å². The first-order valence-corrected chi connectivity index (χ1v) is 11.4. The maximum atomic E-state index is 12.8. The maximum absolute atomic E-state index is 12.8. The van der Waals surface area contributed by atoms with Crippen LogP contribution in [0.5, 0.6) is 11.5 Å². The first-order chi connectivity index (χ1) is 16.0. The smallest absolute Gasteiger partial charge is 0.189 e. The van der Waals surface area contributed by atoms with Gasteiger partial charge in [0, 0.05) is 25.0 Å². The summed E-state index contributed by atoms with van der Waals surface area (Å²) in [5.41, 5.74) is 1.11. The van der Waals surface area contributed by atoms with E-state index in [0.29, 0.717) is 47.8 Å². The van der Waals surface area contributed by atoms with Gasteiger partial charge < -0.3 is 25.5 Å². The van der Waals surface area contributed by atoms with E-state index in [1.807, 2.05) is 16.8 Å². The summed E-state index contributed by atoms with van der Waals surface area (Å²) in [4.78, 5) is 19.8. The molecule has 4 aromatic rings. The fourth-order valence-corrected chi connectivity index (χ4v) is 4.47. The summed E-state index contributed by atoms with van der Waals surface area (Å²) in [6, 6.07) is 6.43. The van der Waals surface area contributed by atoms with Gasteiger partial charge in [0.25, 0.3) is 0 Å². The molecule has 0 atom stereocenters. The number of nitrogens with one attached hydrogen (secondary N) is 2. The van der Waals surface area contributed by atoms with Gasteiger partial charge in [0.1, 0.15) is 11.5 Å². The molecule has 0 aliphatic heterocycles. The van der Waals surface area contributed by atoms with Gasteiger partial charge in [0.2, 0.25) is 0 Å². The number of likely N-dealkylation sites (N-methyl/N-ethyl adjacent to an activating group) is 1. The van der Waals surface area contributed by atoms with Crippen molar-refractivity contribution in [1.82, 2.24) is 20.0 Å². The normalized spacial score (nSPS) is 12.8. The van der Waals surface area contributed by atoms with Crippen molar-refractivity contribution in [3.63, 3.8) is 0 Å². The molecule has 9 nitrogen and oxygen atoms in total. The lowest BCUT2D eigenvalue weighted by atomic mass is 9.99. The second kappa shape index (κ2) is 9.78. The molecule has 1 aromatic heterocycles. The SMILES string of the molecule is CCN(CC)CCN=c1ccc2c3c1c(O)c1c(O)ccc(=O)c1c3[nH]n2CCNCCO. The molecule has 0 bridgehead atoms. The second-order valence-corrected chi connectivity index (χ2v) is 8.06. The minimum atomic E-state index is -0.280. The van der Waals surface area contributed by atoms with Crippen LogP contribution in [0.1, 0.15) is 13.8 Å². The van der Waals surface area contributed by atoms with E-state index in [9.17, 15) is 15.0 Å². The van der Waals surface area contributed by atoms with E-state index in [1.165, 1.54) is 12.1 Å². The lowest BCUT2D eigenvalue weighted by Crippen LogP contribution is -2.26. The third kappa shape index (κ3) is 4.15. The summed E-state index contributed by atoms with van der Waals surface area (Å²) in [6.07, 6.45) is 0. The Bertz CT molecular complexity index is 1390. The van der Waals surface area contributed by atoms with Crippen LogP contribution in [0.4, 0.5) is 0 Å². The number of nitrogens with zero attached hydrogens (tertiary/aromatic N) is 3. The Morgan fingerprint density at radius 1 is 1.03 bits per heavy atom. The standard InChI is InChI=1S/C24H31N5O4/c1-3-28(4-2)12-10-26-15-5-6-16-20-19(15)24(33)22-18(32)8-7-17(31)21(22)23(20)27-29(16)13-9-25-11-14-30/h5-8,25,27,30,32-33H,3-4,9-14H2,1-2H3. The van der Waals surface area contributed by atoms with Crippen LogP contribution < -0.4 is 16.1 Å². The van der Waals surface area contributed by atoms with Crippen LogP contribution in [0, 0.1) is 0 Å². The molecule has 0 amide bonds. The monoisotopic (exact) mass is 453 g/mol. The van der Waals surface area contributed by atoms with E-state index in [1.54, 1.807) is 0 Å². The Balaban J connectivity index is 1.96. The summed E-state index contributed by atoms with van der Waals surface area (Å²) in [6.45, 7) is 9.19. The molecule has 0 aliphatic rings. The number of aromatic nitrogens is 2. The third-order valence-electron chi connectivity index (χ3n) is 6.21. The molecule has 1 heterocycles. The number of rotatable bonds is 10. The third-order valence-corrected chi connectivity index (χ3v) is 6.21. The number of fused-ring (bicyclic) bond motifs is 2. The van der Waals surface area contributed by atoms with E-state index >= 15 is 0 Å². The predicted octanol–water partition coefficient (Wildman–Crippen LogP) is 1.31. The van der Waals surface area contributed by atoms with Crippen LogP contribution in [0.2, 0.25) is 0 Å². The Labute approximate surface area is 190 Å². The number of aliphatic hydroxyl groups excluding tert-OH is 1. The molecule has 0 radical (unpaired) electrons. The van der Waals surface area contributed by atoms with Crippen molar-refractivity contribution in [3.8, 4) is 11.5 Å². The molecule has 3 aromatic carbocycles. The molecule has 0 fully saturated rings. The Morgan fingerprint density at radius 2 is 1.82 bits per heavy atom. The van der Waals surface area contributed by atoms with Crippen LogP contribution in [0.15, 0.2) is 34.1 Å². The number of aliphatic hydroxyl groups is 1. The lowest BCUT2D eigenvalue weighted by Gasteiger charge is -2.16. The molecule has 33 heavy (non-hydrogen) atoms. The minimum absolute atomic E-state index is 0.0545. The van der Waals surface area contributed by atoms with Crippen molar-refractivity contribution in [2.45, 2.75) is 20.4 Å². The van der Waals surface area contributed by atoms with Crippen LogP contribution >= 0.6 is 0 Å². The van der Waals surface area contributed by atoms with Gasteiger partial charge in [-0.25, -0.2) is 0 Å². The molecular weight excluding hydrogens is 422 g/mol. The molecule has 176 valence electrons. The number of aromatic amines is 1. The van der Waals surface area contributed by atoms with Crippen molar-refractivity contribution in [1.29, 1.82) is 0 Å². The van der Waals surface area contributed by atoms with Gasteiger partial charge in [-0.1, -0.05) is 13.8 Å². The number of H-pyrrole nitrogens is 1. The first-order valence-electron chi connectivity index (χ1n) is 11.4. The van der Waals surface area contributed by atoms with Gasteiger partial charge in [-0.2, -0.15) is 0 Å². The average molecular weight is 454 g/mol. The van der Waals surface area contributed by atoms with Gasteiger partial charge in [-0.05, 0) is 37.4 Å². The number of phenols is 2. The largest absolute Gasteiger partial charge is 0.507 e. The Hall–Kier alpha value is -3.14. The summed E-state index contributed by atoms with van der Waals surface area (Å²) < 4.78 is 1.91. The van der Waals surface area contributed by atoms with E-state index < -0.39 is 0 Å². The molecule has 4 rings (SSSR count). The van der Waals surface area contributed by atoms with Crippen LogP contribution in [0.25, 0.3) is 32.6 Å². The zero-order chi connectivity index (χ0) is 23.5. The highest BCUT2D eigenvalue weighted by Crippen LogP contribution is 2.41.